The van der Waals surface area contributed by atoms with Gasteiger partial charge in [0.25, 0.3) is 0 Å². The van der Waals surface area contributed by atoms with Crippen LogP contribution in [0.1, 0.15) is 119 Å². The van der Waals surface area contributed by atoms with E-state index in [0.717, 1.165) is 77.0 Å². The van der Waals surface area contributed by atoms with Gasteiger partial charge in [0.05, 0.1) is 0 Å². The average molecular weight is 601 g/mol. The molecule has 0 N–H and O–H groups in total. The summed E-state index contributed by atoms with van der Waals surface area (Å²) in [6.45, 7) is 18.1. The Morgan fingerprint density at radius 1 is 0.459 bits per heavy atom. The summed E-state index contributed by atoms with van der Waals surface area (Å²) in [4.78, 5) is 0. The number of hydrogen-bond donors (Lipinski definition) is 0. The lowest BCUT2D eigenvalue weighted by atomic mass is 10.1. The summed E-state index contributed by atoms with van der Waals surface area (Å²) in [5.41, 5.74) is 0. The third-order valence-electron chi connectivity index (χ3n) is 6.46. The van der Waals surface area contributed by atoms with E-state index in [4.69, 9.17) is 10.7 Å². The van der Waals surface area contributed by atoms with Gasteiger partial charge in [-0.1, -0.05) is 99.3 Å². The fourth-order valence-corrected chi connectivity index (χ4v) is 13.7. The van der Waals surface area contributed by atoms with Crippen molar-refractivity contribution in [2.75, 3.05) is 38.5 Å². The molecule has 0 aliphatic heterocycles. The maximum Gasteiger partial charge on any atom is 0.921 e. The first-order chi connectivity index (χ1) is 17.0. The molecule has 3 atom stereocenters. The molecule has 3 unspecified atom stereocenters. The van der Waals surface area contributed by atoms with E-state index in [9.17, 15) is 13.7 Å². The molecule has 0 bridgehead atoms. The van der Waals surface area contributed by atoms with Crippen molar-refractivity contribution in [3.63, 3.8) is 0 Å². The molecule has 0 spiro atoms. The molecule has 0 saturated carbocycles. The Kier molecular flexibility index (Phi) is 20.7. The molecule has 0 fully saturated rings. The van der Waals surface area contributed by atoms with E-state index >= 15 is 0 Å². The third-order valence-corrected chi connectivity index (χ3v) is 17.3. The maximum atomic E-state index is 13.3. The first-order valence-corrected chi connectivity index (χ1v) is 23.0. The monoisotopic (exact) mass is 600 g/mol. The highest BCUT2D eigenvalue weighted by atomic mass is 31.2. The zero-order valence-corrected chi connectivity index (χ0v) is 29.5. The van der Waals surface area contributed by atoms with Gasteiger partial charge in [-0.15, -0.1) is 0 Å². The van der Waals surface area contributed by atoms with E-state index in [2.05, 4.69) is 41.5 Å². The zero-order chi connectivity index (χ0) is 28.5. The van der Waals surface area contributed by atoms with Gasteiger partial charge in [0.2, 0.25) is 0 Å². The van der Waals surface area contributed by atoms with Gasteiger partial charge in [-0.3, -0.25) is 13.7 Å². The molecule has 0 aromatic rings. The smallest absolute Gasteiger partial charge is 0.405 e. The lowest BCUT2D eigenvalue weighted by Crippen LogP contribution is -2.25. The van der Waals surface area contributed by atoms with Gasteiger partial charge >= 0.3 is 15.1 Å². The third kappa shape index (κ3) is 24.6. The van der Waals surface area contributed by atoms with E-state index in [1.54, 1.807) is 20.0 Å². The molecule has 222 valence electrons. The van der Waals surface area contributed by atoms with E-state index in [0.29, 0.717) is 36.2 Å². The molecule has 0 aliphatic rings. The van der Waals surface area contributed by atoms with Crippen LogP contribution in [0.5, 0.6) is 0 Å². The molecule has 0 saturated heterocycles. The Morgan fingerprint density at radius 3 is 0.919 bits per heavy atom. The van der Waals surface area contributed by atoms with Gasteiger partial charge in [-0.25, -0.2) is 0 Å². The van der Waals surface area contributed by atoms with Crippen LogP contribution in [0.25, 0.3) is 0 Å². The van der Waals surface area contributed by atoms with Crippen LogP contribution < -0.4 is 0 Å². The van der Waals surface area contributed by atoms with Crippen molar-refractivity contribution in [1.82, 2.24) is 0 Å². The Morgan fingerprint density at radius 2 is 0.703 bits per heavy atom. The van der Waals surface area contributed by atoms with Crippen LogP contribution in [0.3, 0.4) is 0 Å². The van der Waals surface area contributed by atoms with Crippen molar-refractivity contribution in [3.05, 3.63) is 0 Å². The molecule has 0 aliphatic carbocycles. The van der Waals surface area contributed by atoms with E-state index < -0.39 is 37.3 Å². The molecule has 37 heavy (non-hydrogen) atoms. The SMILES string of the molecule is CC(C)CCCCCP(C)(=O)[O][Al]([O]P(C)(=O)CCCCCC(C)C)[O]P(C)(=O)CCCCCC(C)C. The molecule has 0 heterocycles. The van der Waals surface area contributed by atoms with Crippen LogP contribution in [0.4, 0.5) is 0 Å². The van der Waals surface area contributed by atoms with Crippen molar-refractivity contribution in [1.29, 1.82) is 0 Å². The molecule has 6 nitrogen and oxygen atoms in total. The van der Waals surface area contributed by atoms with E-state index in [-0.39, 0.29) is 0 Å². The fourth-order valence-electron chi connectivity index (χ4n) is 4.15. The van der Waals surface area contributed by atoms with Crippen LogP contribution in [0, 0.1) is 17.8 Å². The molecule has 10 heteroatoms. The Balaban J connectivity index is 5.07. The first-order valence-electron chi connectivity index (χ1n) is 14.8. The molecular weight excluding hydrogens is 540 g/mol. The number of unbranched alkanes of at least 4 members (excludes halogenated alkanes) is 6. The number of hydrogen-bond acceptors (Lipinski definition) is 6. The normalized spacial score (nSPS) is 17.2. The summed E-state index contributed by atoms with van der Waals surface area (Å²) >= 11 is -3.12. The minimum absolute atomic E-state index is 0.438. The maximum absolute atomic E-state index is 13.3. The molecular formula is C27H60AlO6P3. The zero-order valence-electron chi connectivity index (χ0n) is 25.7. The Labute approximate surface area is 235 Å². The lowest BCUT2D eigenvalue weighted by molar-refractivity contribution is 0.308. The second kappa shape index (κ2) is 20.1. The van der Waals surface area contributed by atoms with Crippen molar-refractivity contribution in [2.24, 2.45) is 17.8 Å². The minimum Gasteiger partial charge on any atom is -0.405 e. The summed E-state index contributed by atoms with van der Waals surface area (Å²) in [7, 11) is -9.03. The standard InChI is InChI=1S/3C9H21O2P.Al/c3*1-9(2)7-5-4-6-8-12(3,10)11;/h3*9H,4-8H2,1-3H3,(H,10,11);/q;;;+3/p-3. The topological polar surface area (TPSA) is 78.9 Å². The van der Waals surface area contributed by atoms with Crippen molar-refractivity contribution >= 4 is 37.3 Å². The van der Waals surface area contributed by atoms with Crippen molar-refractivity contribution in [3.8, 4) is 0 Å². The first kappa shape index (κ1) is 38.1. The van der Waals surface area contributed by atoms with E-state index in [1.165, 1.54) is 0 Å². The summed E-state index contributed by atoms with van der Waals surface area (Å²) in [5, 5.41) is 0. The molecule has 0 aromatic carbocycles. The summed E-state index contributed by atoms with van der Waals surface area (Å²) in [6.07, 6.45) is 13.5. The predicted octanol–water partition coefficient (Wildman–Crippen LogP) is 10.4. The molecule has 0 rings (SSSR count). The summed E-state index contributed by atoms with van der Waals surface area (Å²) < 4.78 is 57.8. The van der Waals surface area contributed by atoms with Crippen LogP contribution in [0.2, 0.25) is 0 Å². The minimum atomic E-state index is -3.12. The quantitative estimate of drug-likeness (QED) is 0.0623. The van der Waals surface area contributed by atoms with Gasteiger partial charge in [-0.05, 0) is 37.0 Å². The lowest BCUT2D eigenvalue weighted by Gasteiger charge is -2.25. The average Bonchev–Trinajstić information content (AvgIpc) is 2.70. The summed E-state index contributed by atoms with van der Waals surface area (Å²) in [5.74, 6) is 1.99. The van der Waals surface area contributed by atoms with Crippen LogP contribution in [0.15, 0.2) is 0 Å². The van der Waals surface area contributed by atoms with Crippen LogP contribution >= 0.6 is 22.1 Å². The highest BCUT2D eigenvalue weighted by Gasteiger charge is 2.45. The molecule has 0 amide bonds. The predicted molar refractivity (Wildman–Crippen MR) is 164 cm³/mol. The second-order valence-electron chi connectivity index (χ2n) is 12.5. The van der Waals surface area contributed by atoms with Crippen molar-refractivity contribution < 1.29 is 24.4 Å². The highest BCUT2D eigenvalue weighted by molar-refractivity contribution is 7.62. The van der Waals surface area contributed by atoms with Crippen LogP contribution in [-0.4, -0.2) is 53.6 Å². The van der Waals surface area contributed by atoms with Gasteiger partial charge in [0.15, 0.2) is 22.1 Å². The van der Waals surface area contributed by atoms with Crippen molar-refractivity contribution in [2.45, 2.75) is 119 Å². The van der Waals surface area contributed by atoms with E-state index in [1.807, 2.05) is 0 Å². The fraction of sp³-hybridized carbons (Fsp3) is 1.00. The summed E-state index contributed by atoms with van der Waals surface area (Å²) in [6, 6.07) is 0. The van der Waals surface area contributed by atoms with Gasteiger partial charge < -0.3 is 10.7 Å². The molecule has 0 radical (unpaired) electrons. The van der Waals surface area contributed by atoms with Gasteiger partial charge in [0.1, 0.15) is 0 Å². The Hall–Kier alpha value is 1.10. The molecule has 0 aromatic heterocycles. The van der Waals surface area contributed by atoms with Crippen LogP contribution in [-0.2, 0) is 24.4 Å². The second-order valence-corrected chi connectivity index (χ2v) is 23.1. The highest BCUT2D eigenvalue weighted by Crippen LogP contribution is 2.54. The van der Waals surface area contributed by atoms with Gasteiger partial charge in [-0.2, -0.15) is 0 Å². The largest absolute Gasteiger partial charge is 0.921 e. The Bertz CT molecular complexity index is 634. The number of rotatable bonds is 24. The van der Waals surface area contributed by atoms with Gasteiger partial charge in [0, 0.05) is 38.5 Å².